The van der Waals surface area contributed by atoms with Gasteiger partial charge in [-0.3, -0.25) is 9.59 Å². The van der Waals surface area contributed by atoms with Crippen LogP contribution in [0.5, 0.6) is 11.5 Å². The number of methoxy groups -OCH3 is 2. The van der Waals surface area contributed by atoms with Gasteiger partial charge in [-0.15, -0.1) is 5.10 Å². The molecule has 0 aliphatic rings. The highest BCUT2D eigenvalue weighted by molar-refractivity contribution is 6.06. The first-order chi connectivity index (χ1) is 14.8. The van der Waals surface area contributed by atoms with E-state index in [9.17, 15) is 9.59 Å². The van der Waals surface area contributed by atoms with Gasteiger partial charge in [0.05, 0.1) is 14.2 Å². The average Bonchev–Trinajstić information content (AvgIpc) is 3.10. The summed E-state index contributed by atoms with van der Waals surface area (Å²) >= 11 is 0. The third-order valence-electron chi connectivity index (χ3n) is 4.68. The molecule has 4 N–H and O–H groups in total. The summed E-state index contributed by atoms with van der Waals surface area (Å²) in [6.45, 7) is 3.76. The number of amides is 2. The monoisotopic (exact) mass is 424 g/mol. The number of benzene rings is 2. The minimum Gasteiger partial charge on any atom is -0.497 e. The minimum atomic E-state index is -0.575. The SMILES string of the molecule is COc1cc(NC(=O)c2nnn(CC(=O)Nc3ccc(C)c(C)c3)c2N)cc(OC)c1. The molecule has 162 valence electrons. The lowest BCUT2D eigenvalue weighted by Crippen LogP contribution is -2.21. The summed E-state index contributed by atoms with van der Waals surface area (Å²) in [4.78, 5) is 25.0. The molecule has 10 heteroatoms. The van der Waals surface area contributed by atoms with Crippen molar-refractivity contribution in [2.24, 2.45) is 0 Å². The smallest absolute Gasteiger partial charge is 0.280 e. The number of aryl methyl sites for hydroxylation is 2. The number of hydrogen-bond donors (Lipinski definition) is 3. The van der Waals surface area contributed by atoms with Crippen LogP contribution < -0.4 is 25.8 Å². The third kappa shape index (κ3) is 5.10. The molecule has 31 heavy (non-hydrogen) atoms. The van der Waals surface area contributed by atoms with E-state index >= 15 is 0 Å². The number of ether oxygens (including phenoxy) is 2. The van der Waals surface area contributed by atoms with Gasteiger partial charge in [0.15, 0.2) is 11.5 Å². The lowest BCUT2D eigenvalue weighted by molar-refractivity contribution is -0.116. The van der Waals surface area contributed by atoms with Crippen molar-refractivity contribution in [3.05, 3.63) is 53.2 Å². The Kier molecular flexibility index (Phi) is 6.39. The molecule has 0 radical (unpaired) electrons. The molecule has 1 aromatic heterocycles. The van der Waals surface area contributed by atoms with Gasteiger partial charge in [0.25, 0.3) is 5.91 Å². The maximum atomic E-state index is 12.6. The first-order valence-corrected chi connectivity index (χ1v) is 9.41. The number of rotatable bonds is 7. The Morgan fingerprint density at radius 3 is 2.26 bits per heavy atom. The van der Waals surface area contributed by atoms with Gasteiger partial charge in [-0.25, -0.2) is 4.68 Å². The van der Waals surface area contributed by atoms with Crippen molar-refractivity contribution in [3.63, 3.8) is 0 Å². The Bertz CT molecular complexity index is 1100. The second-order valence-electron chi connectivity index (χ2n) is 6.88. The van der Waals surface area contributed by atoms with Crippen molar-refractivity contribution in [3.8, 4) is 11.5 Å². The van der Waals surface area contributed by atoms with Crippen LogP contribution in [-0.2, 0) is 11.3 Å². The fourth-order valence-corrected chi connectivity index (χ4v) is 2.82. The molecule has 0 spiro atoms. The summed E-state index contributed by atoms with van der Waals surface area (Å²) in [5.41, 5.74) is 9.19. The van der Waals surface area contributed by atoms with E-state index in [-0.39, 0.29) is 24.0 Å². The van der Waals surface area contributed by atoms with Gasteiger partial charge < -0.3 is 25.8 Å². The van der Waals surface area contributed by atoms with Crippen LogP contribution in [0.25, 0.3) is 0 Å². The molecule has 0 aliphatic carbocycles. The van der Waals surface area contributed by atoms with Crippen LogP contribution in [0.4, 0.5) is 17.2 Å². The summed E-state index contributed by atoms with van der Waals surface area (Å²) in [7, 11) is 3.01. The molecule has 1 heterocycles. The predicted octanol–water partition coefficient (Wildman–Crippen LogP) is 2.39. The van der Waals surface area contributed by atoms with Gasteiger partial charge in [-0.2, -0.15) is 0 Å². The topological polar surface area (TPSA) is 133 Å². The first kappa shape index (κ1) is 21.6. The van der Waals surface area contributed by atoms with Crippen LogP contribution in [0.2, 0.25) is 0 Å². The van der Waals surface area contributed by atoms with E-state index in [4.69, 9.17) is 15.2 Å². The molecular formula is C21H24N6O4. The highest BCUT2D eigenvalue weighted by atomic mass is 16.5. The van der Waals surface area contributed by atoms with Crippen molar-refractivity contribution in [1.29, 1.82) is 0 Å². The van der Waals surface area contributed by atoms with E-state index in [1.807, 2.05) is 32.0 Å². The Morgan fingerprint density at radius 1 is 0.968 bits per heavy atom. The summed E-state index contributed by atoms with van der Waals surface area (Å²) < 4.78 is 11.5. The van der Waals surface area contributed by atoms with Crippen LogP contribution in [0.1, 0.15) is 21.6 Å². The third-order valence-corrected chi connectivity index (χ3v) is 4.68. The summed E-state index contributed by atoms with van der Waals surface area (Å²) in [6, 6.07) is 10.5. The van der Waals surface area contributed by atoms with Crippen molar-refractivity contribution in [2.45, 2.75) is 20.4 Å². The number of nitrogens with zero attached hydrogens (tertiary/aromatic N) is 3. The van der Waals surface area contributed by atoms with Crippen molar-refractivity contribution in [2.75, 3.05) is 30.6 Å². The van der Waals surface area contributed by atoms with E-state index in [1.54, 1.807) is 18.2 Å². The molecule has 2 amide bonds. The molecule has 0 aliphatic heterocycles. The molecule has 0 bridgehead atoms. The number of hydrogen-bond acceptors (Lipinski definition) is 7. The zero-order valence-electron chi connectivity index (χ0n) is 17.7. The van der Waals surface area contributed by atoms with Crippen LogP contribution in [0.15, 0.2) is 36.4 Å². The Balaban J connectivity index is 1.69. The second-order valence-corrected chi connectivity index (χ2v) is 6.88. The lowest BCUT2D eigenvalue weighted by atomic mass is 10.1. The molecule has 3 aromatic rings. The molecule has 2 aromatic carbocycles. The molecule has 0 unspecified atom stereocenters. The van der Waals surface area contributed by atoms with Crippen LogP contribution in [0.3, 0.4) is 0 Å². The molecule has 0 atom stereocenters. The van der Waals surface area contributed by atoms with Gasteiger partial charge in [0.2, 0.25) is 5.91 Å². The fraction of sp³-hybridized carbons (Fsp3) is 0.238. The summed E-state index contributed by atoms with van der Waals surface area (Å²) in [5.74, 6) is 0.0733. The van der Waals surface area contributed by atoms with Crippen LogP contribution >= 0.6 is 0 Å². The zero-order valence-corrected chi connectivity index (χ0v) is 17.7. The van der Waals surface area contributed by atoms with E-state index in [2.05, 4.69) is 20.9 Å². The van der Waals surface area contributed by atoms with E-state index in [0.29, 0.717) is 22.9 Å². The van der Waals surface area contributed by atoms with Crippen LogP contribution in [0, 0.1) is 13.8 Å². The van der Waals surface area contributed by atoms with Crippen LogP contribution in [-0.4, -0.2) is 41.0 Å². The average molecular weight is 424 g/mol. The fourth-order valence-electron chi connectivity index (χ4n) is 2.82. The highest BCUT2D eigenvalue weighted by Gasteiger charge is 2.19. The molecular weight excluding hydrogens is 400 g/mol. The maximum absolute atomic E-state index is 12.6. The number of nitrogens with two attached hydrogens (primary N) is 1. The number of nitrogens with one attached hydrogen (secondary N) is 2. The number of aromatic nitrogens is 3. The standard InChI is InChI=1S/C21H24N6O4/c1-12-5-6-14(7-13(12)2)23-18(28)11-27-20(22)19(25-26-27)21(29)24-15-8-16(30-3)10-17(9-15)31-4/h5-10H,11,22H2,1-4H3,(H,23,28)(H,24,29). The Hall–Kier alpha value is -4.08. The summed E-state index contributed by atoms with van der Waals surface area (Å²) in [6.07, 6.45) is 0. The number of nitrogen functional groups attached to an aromatic ring is 1. The lowest BCUT2D eigenvalue weighted by Gasteiger charge is -2.09. The normalized spacial score (nSPS) is 10.5. The van der Waals surface area contributed by atoms with E-state index < -0.39 is 5.91 Å². The van der Waals surface area contributed by atoms with Crippen molar-refractivity contribution < 1.29 is 19.1 Å². The minimum absolute atomic E-state index is 0.0254. The van der Waals surface area contributed by atoms with Crippen molar-refractivity contribution in [1.82, 2.24) is 15.0 Å². The molecule has 0 fully saturated rings. The van der Waals surface area contributed by atoms with Crippen molar-refractivity contribution >= 4 is 29.0 Å². The van der Waals surface area contributed by atoms with E-state index in [1.165, 1.54) is 14.2 Å². The number of carbonyl (C=O) groups excluding carboxylic acids is 2. The maximum Gasteiger partial charge on any atom is 0.280 e. The van der Waals surface area contributed by atoms with Gasteiger partial charge >= 0.3 is 0 Å². The van der Waals surface area contributed by atoms with Gasteiger partial charge in [0.1, 0.15) is 18.0 Å². The largest absolute Gasteiger partial charge is 0.497 e. The first-order valence-electron chi connectivity index (χ1n) is 9.41. The molecule has 3 rings (SSSR count). The van der Waals surface area contributed by atoms with Gasteiger partial charge in [-0.1, -0.05) is 11.3 Å². The summed E-state index contributed by atoms with van der Waals surface area (Å²) in [5, 5.41) is 13.1. The number of anilines is 3. The van der Waals surface area contributed by atoms with Gasteiger partial charge in [0, 0.05) is 29.6 Å². The Labute approximate surface area is 179 Å². The van der Waals surface area contributed by atoms with Gasteiger partial charge in [-0.05, 0) is 37.1 Å². The second kappa shape index (κ2) is 9.16. The zero-order chi connectivity index (χ0) is 22.5. The number of carbonyl (C=O) groups is 2. The quantitative estimate of drug-likeness (QED) is 0.530. The molecule has 10 nitrogen and oxygen atoms in total. The van der Waals surface area contributed by atoms with E-state index in [0.717, 1.165) is 15.8 Å². The molecule has 0 saturated heterocycles. The predicted molar refractivity (Wildman–Crippen MR) is 116 cm³/mol. The highest BCUT2D eigenvalue weighted by Crippen LogP contribution is 2.26. The molecule has 0 saturated carbocycles. The Morgan fingerprint density at radius 2 is 1.65 bits per heavy atom.